The summed E-state index contributed by atoms with van der Waals surface area (Å²) in [6.07, 6.45) is -0.779. The molecular weight excluding hydrogens is 258 g/mol. The first kappa shape index (κ1) is 14.8. The van der Waals surface area contributed by atoms with E-state index in [4.69, 9.17) is 9.47 Å². The lowest BCUT2D eigenvalue weighted by atomic mass is 10.1. The lowest BCUT2D eigenvalue weighted by Gasteiger charge is -2.19. The summed E-state index contributed by atoms with van der Waals surface area (Å²) in [5, 5.41) is 10.00. The van der Waals surface area contributed by atoms with Crippen molar-refractivity contribution < 1.29 is 19.4 Å². The van der Waals surface area contributed by atoms with Gasteiger partial charge in [-0.1, -0.05) is 6.92 Å². The number of carbonyl (C=O) groups excluding carboxylic acids is 1. The van der Waals surface area contributed by atoms with Gasteiger partial charge < -0.3 is 14.6 Å². The third-order valence-corrected chi connectivity index (χ3v) is 3.61. The molecule has 0 amide bonds. The number of nitrogens with zero attached hydrogens (tertiary/aromatic N) is 1. The summed E-state index contributed by atoms with van der Waals surface area (Å²) >= 11 is 0. The zero-order chi connectivity index (χ0) is 14.7. The molecule has 2 unspecified atom stereocenters. The first-order chi connectivity index (χ1) is 9.55. The van der Waals surface area contributed by atoms with E-state index >= 15 is 0 Å². The van der Waals surface area contributed by atoms with Crippen LogP contribution in [0, 0.1) is 0 Å². The van der Waals surface area contributed by atoms with Gasteiger partial charge >= 0.3 is 0 Å². The molecule has 0 bridgehead atoms. The molecule has 2 rings (SSSR count). The Morgan fingerprint density at radius 2 is 2.15 bits per heavy atom. The van der Waals surface area contributed by atoms with Gasteiger partial charge in [0.05, 0.1) is 7.11 Å². The van der Waals surface area contributed by atoms with Crippen LogP contribution >= 0.6 is 0 Å². The number of Topliss-reactive ketones (excluding diaryl/α,β-unsaturated/α-hetero) is 1. The molecule has 5 heteroatoms. The van der Waals surface area contributed by atoms with Gasteiger partial charge in [0.2, 0.25) is 0 Å². The van der Waals surface area contributed by atoms with Crippen LogP contribution < -0.4 is 9.47 Å². The predicted octanol–water partition coefficient (Wildman–Crippen LogP) is 1.34. The van der Waals surface area contributed by atoms with Crippen LogP contribution in [0.25, 0.3) is 0 Å². The number of hydrogen-bond donors (Lipinski definition) is 1. The topological polar surface area (TPSA) is 59.0 Å². The fraction of sp³-hybridized carbons (Fsp3) is 0.533. The second-order valence-corrected chi connectivity index (χ2v) is 5.00. The normalized spacial score (nSPS) is 22.8. The van der Waals surface area contributed by atoms with Crippen molar-refractivity contribution in [2.45, 2.75) is 26.1 Å². The van der Waals surface area contributed by atoms with Crippen molar-refractivity contribution in [1.29, 1.82) is 0 Å². The van der Waals surface area contributed by atoms with Gasteiger partial charge in [-0.3, -0.25) is 9.69 Å². The Bertz CT molecular complexity index is 489. The highest BCUT2D eigenvalue weighted by Crippen LogP contribution is 2.30. The Morgan fingerprint density at radius 3 is 2.70 bits per heavy atom. The summed E-state index contributed by atoms with van der Waals surface area (Å²) in [5.74, 6) is 1.05. The highest BCUT2D eigenvalue weighted by molar-refractivity contribution is 5.94. The minimum atomic E-state index is -0.507. The summed E-state index contributed by atoms with van der Waals surface area (Å²) in [4.78, 5) is 13.5. The summed E-state index contributed by atoms with van der Waals surface area (Å²) < 4.78 is 11.1. The Morgan fingerprint density at radius 1 is 1.40 bits per heavy atom. The number of β-amino-alcohol motifs (C(OH)–C–C–N with tert-alkyl or cyclic N) is 1. The molecule has 1 aromatic carbocycles. The number of methoxy groups -OCH3 is 1. The average molecular weight is 279 g/mol. The lowest BCUT2D eigenvalue weighted by molar-refractivity contribution is 0.0717. The van der Waals surface area contributed by atoms with E-state index in [1.54, 1.807) is 18.2 Å². The van der Waals surface area contributed by atoms with E-state index in [0.29, 0.717) is 30.2 Å². The molecule has 1 aromatic rings. The third kappa shape index (κ3) is 3.11. The van der Waals surface area contributed by atoms with Crippen LogP contribution in [0.5, 0.6) is 11.5 Å². The second kappa shape index (κ2) is 6.24. The molecule has 1 heterocycles. The third-order valence-electron chi connectivity index (χ3n) is 3.61. The Hall–Kier alpha value is -1.59. The molecule has 5 nitrogen and oxygen atoms in total. The first-order valence-corrected chi connectivity index (χ1v) is 6.81. The van der Waals surface area contributed by atoms with Gasteiger partial charge in [-0.25, -0.2) is 0 Å². The molecule has 0 radical (unpaired) electrons. The van der Waals surface area contributed by atoms with Crippen LogP contribution in [0.4, 0.5) is 0 Å². The summed E-state index contributed by atoms with van der Waals surface area (Å²) in [6, 6.07) is 5.09. The number of likely N-dealkylation sites (tertiary alicyclic amines) is 1. The highest BCUT2D eigenvalue weighted by Gasteiger charge is 2.32. The van der Waals surface area contributed by atoms with Crippen molar-refractivity contribution in [2.75, 3.05) is 26.7 Å². The Kier molecular flexibility index (Phi) is 4.62. The molecule has 0 spiro atoms. The molecule has 1 saturated heterocycles. The van der Waals surface area contributed by atoms with Crippen LogP contribution in [0.2, 0.25) is 0 Å². The molecule has 2 atom stereocenters. The molecule has 0 aliphatic carbocycles. The summed E-state index contributed by atoms with van der Waals surface area (Å²) in [7, 11) is 1.54. The summed E-state index contributed by atoms with van der Waals surface area (Å²) in [5.41, 5.74) is 0.580. The van der Waals surface area contributed by atoms with E-state index in [2.05, 4.69) is 11.8 Å². The van der Waals surface area contributed by atoms with Gasteiger partial charge in [-0.15, -0.1) is 0 Å². The molecule has 20 heavy (non-hydrogen) atoms. The van der Waals surface area contributed by atoms with Gasteiger partial charge in [0.1, 0.15) is 12.2 Å². The van der Waals surface area contributed by atoms with Gasteiger partial charge in [0.25, 0.3) is 0 Å². The maximum Gasteiger partial charge on any atom is 0.161 e. The largest absolute Gasteiger partial charge is 0.493 e. The second-order valence-electron chi connectivity index (χ2n) is 5.00. The molecule has 110 valence electrons. The maximum absolute atomic E-state index is 11.4. The Balaban J connectivity index is 2.15. The van der Waals surface area contributed by atoms with Gasteiger partial charge in [0.15, 0.2) is 17.3 Å². The number of aliphatic hydroxyl groups excluding tert-OH is 1. The quantitative estimate of drug-likeness (QED) is 0.824. The molecule has 1 aliphatic rings. The standard InChI is InChI=1S/C15H21NO4/c1-4-16-8-12(18)15(9-16)20-13-6-5-11(10(2)17)7-14(13)19-3/h5-7,12,15,18H,4,8-9H2,1-3H3. The minimum absolute atomic E-state index is 0.0205. The molecule has 1 aliphatic heterocycles. The van der Waals surface area contributed by atoms with Crippen molar-refractivity contribution in [2.24, 2.45) is 0 Å². The fourth-order valence-electron chi connectivity index (χ4n) is 2.35. The van der Waals surface area contributed by atoms with Crippen LogP contribution in [0.1, 0.15) is 24.2 Å². The minimum Gasteiger partial charge on any atom is -0.493 e. The number of benzene rings is 1. The number of likely N-dealkylation sites (N-methyl/N-ethyl adjacent to an activating group) is 1. The zero-order valence-electron chi connectivity index (χ0n) is 12.1. The number of rotatable bonds is 5. The number of ketones is 1. The monoisotopic (exact) mass is 279 g/mol. The molecule has 1 fully saturated rings. The van der Waals surface area contributed by atoms with E-state index < -0.39 is 6.10 Å². The Labute approximate surface area is 119 Å². The van der Waals surface area contributed by atoms with Gasteiger partial charge in [0, 0.05) is 18.7 Å². The van der Waals surface area contributed by atoms with Crippen molar-refractivity contribution in [1.82, 2.24) is 4.90 Å². The summed E-state index contributed by atoms with van der Waals surface area (Å²) in [6.45, 7) is 5.76. The number of hydrogen-bond acceptors (Lipinski definition) is 5. The maximum atomic E-state index is 11.4. The van der Waals surface area contributed by atoms with Crippen LogP contribution in [-0.4, -0.2) is 54.7 Å². The van der Waals surface area contributed by atoms with Crippen molar-refractivity contribution >= 4 is 5.78 Å². The molecule has 0 aromatic heterocycles. The molecule has 1 N–H and O–H groups in total. The SMILES string of the molecule is CCN1CC(O)C(Oc2ccc(C(C)=O)cc2OC)C1. The number of carbonyl (C=O) groups is 1. The van der Waals surface area contributed by atoms with Crippen LogP contribution in [0.3, 0.4) is 0 Å². The van der Waals surface area contributed by atoms with Crippen molar-refractivity contribution in [3.63, 3.8) is 0 Å². The predicted molar refractivity (Wildman–Crippen MR) is 75.5 cm³/mol. The number of ether oxygens (including phenoxy) is 2. The average Bonchev–Trinajstić information content (AvgIpc) is 2.79. The van der Waals surface area contributed by atoms with E-state index in [9.17, 15) is 9.90 Å². The lowest BCUT2D eigenvalue weighted by Crippen LogP contribution is -2.30. The van der Waals surface area contributed by atoms with Crippen LogP contribution in [-0.2, 0) is 0 Å². The first-order valence-electron chi connectivity index (χ1n) is 6.81. The molecular formula is C15H21NO4. The van der Waals surface area contributed by atoms with E-state index in [-0.39, 0.29) is 11.9 Å². The van der Waals surface area contributed by atoms with Crippen molar-refractivity contribution in [3.8, 4) is 11.5 Å². The zero-order valence-corrected chi connectivity index (χ0v) is 12.1. The smallest absolute Gasteiger partial charge is 0.161 e. The van der Waals surface area contributed by atoms with Gasteiger partial charge in [-0.2, -0.15) is 0 Å². The van der Waals surface area contributed by atoms with E-state index in [0.717, 1.165) is 6.54 Å². The van der Waals surface area contributed by atoms with E-state index in [1.807, 2.05) is 0 Å². The highest BCUT2D eigenvalue weighted by atomic mass is 16.5. The van der Waals surface area contributed by atoms with E-state index in [1.165, 1.54) is 14.0 Å². The fourth-order valence-corrected chi connectivity index (χ4v) is 2.35. The van der Waals surface area contributed by atoms with Crippen molar-refractivity contribution in [3.05, 3.63) is 23.8 Å². The molecule has 0 saturated carbocycles. The number of aliphatic hydroxyl groups is 1. The van der Waals surface area contributed by atoms with Crippen LogP contribution in [0.15, 0.2) is 18.2 Å². The van der Waals surface area contributed by atoms with Gasteiger partial charge in [-0.05, 0) is 31.7 Å².